The van der Waals surface area contributed by atoms with Gasteiger partial charge in [-0.1, -0.05) is 24.6 Å². The standard InChI is InChI=1S/C12H17F3N2O/c1-3-8-4-5-9(6-7(8)2)10-16-17-11(18-10)12(13,14)15/h5-6,8,10-11,16-17H,3-4H2,1-2H3. The Hall–Kier alpha value is -0.850. The van der Waals surface area contributed by atoms with Crippen LogP contribution in [0.1, 0.15) is 26.7 Å². The van der Waals surface area contributed by atoms with Crippen LogP contribution in [0.5, 0.6) is 0 Å². The summed E-state index contributed by atoms with van der Waals surface area (Å²) in [5.41, 5.74) is 6.60. The fourth-order valence-electron chi connectivity index (χ4n) is 2.25. The second-order valence-corrected chi connectivity index (χ2v) is 4.66. The highest BCUT2D eigenvalue weighted by Gasteiger charge is 2.46. The molecule has 0 amide bonds. The Labute approximate surface area is 104 Å². The van der Waals surface area contributed by atoms with Gasteiger partial charge in [0, 0.05) is 0 Å². The molecule has 102 valence electrons. The molecule has 0 aromatic rings. The smallest absolute Gasteiger partial charge is 0.329 e. The lowest BCUT2D eigenvalue weighted by molar-refractivity contribution is -0.218. The minimum Gasteiger partial charge on any atom is -0.329 e. The van der Waals surface area contributed by atoms with Gasteiger partial charge in [0.15, 0.2) is 0 Å². The average molecular weight is 262 g/mol. The van der Waals surface area contributed by atoms with Gasteiger partial charge in [-0.2, -0.15) is 13.2 Å². The van der Waals surface area contributed by atoms with E-state index < -0.39 is 18.6 Å². The zero-order valence-electron chi connectivity index (χ0n) is 10.3. The quantitative estimate of drug-likeness (QED) is 0.802. The first kappa shape index (κ1) is 13.6. The van der Waals surface area contributed by atoms with Crippen molar-refractivity contribution in [3.63, 3.8) is 0 Å². The number of nitrogens with one attached hydrogen (secondary N) is 2. The van der Waals surface area contributed by atoms with E-state index in [2.05, 4.69) is 17.8 Å². The van der Waals surface area contributed by atoms with Gasteiger partial charge < -0.3 is 4.74 Å². The molecule has 2 rings (SSSR count). The largest absolute Gasteiger partial charge is 0.429 e. The van der Waals surface area contributed by atoms with Crippen LogP contribution in [-0.4, -0.2) is 18.6 Å². The topological polar surface area (TPSA) is 33.3 Å². The van der Waals surface area contributed by atoms with E-state index in [1.807, 2.05) is 19.1 Å². The van der Waals surface area contributed by atoms with Crippen LogP contribution >= 0.6 is 0 Å². The van der Waals surface area contributed by atoms with Crippen LogP contribution < -0.4 is 10.9 Å². The molecule has 3 atom stereocenters. The summed E-state index contributed by atoms with van der Waals surface area (Å²) < 4.78 is 42.2. The number of rotatable bonds is 2. The Morgan fingerprint density at radius 2 is 2.11 bits per heavy atom. The van der Waals surface area contributed by atoms with Crippen LogP contribution in [0.2, 0.25) is 0 Å². The molecule has 1 saturated heterocycles. The fraction of sp³-hybridized carbons (Fsp3) is 0.667. The lowest BCUT2D eigenvalue weighted by Gasteiger charge is -2.22. The van der Waals surface area contributed by atoms with Crippen molar-refractivity contribution in [3.8, 4) is 0 Å². The third kappa shape index (κ3) is 2.76. The van der Waals surface area contributed by atoms with Crippen LogP contribution in [0.3, 0.4) is 0 Å². The average Bonchev–Trinajstić information content (AvgIpc) is 2.77. The van der Waals surface area contributed by atoms with Gasteiger partial charge in [-0.25, -0.2) is 10.9 Å². The van der Waals surface area contributed by atoms with Gasteiger partial charge in [0.2, 0.25) is 6.23 Å². The third-order valence-electron chi connectivity index (χ3n) is 3.39. The third-order valence-corrected chi connectivity index (χ3v) is 3.39. The first-order valence-electron chi connectivity index (χ1n) is 6.03. The van der Waals surface area contributed by atoms with E-state index in [-0.39, 0.29) is 0 Å². The van der Waals surface area contributed by atoms with E-state index in [4.69, 9.17) is 4.74 Å². The molecule has 18 heavy (non-hydrogen) atoms. The Bertz CT molecular complexity index is 376. The minimum absolute atomic E-state index is 0.488. The predicted octanol–water partition coefficient (Wildman–Crippen LogP) is 2.63. The van der Waals surface area contributed by atoms with Crippen molar-refractivity contribution in [3.05, 3.63) is 23.3 Å². The number of allylic oxidation sites excluding steroid dienone is 2. The molecule has 1 fully saturated rings. The molecule has 0 spiro atoms. The van der Waals surface area contributed by atoms with Gasteiger partial charge in [0.25, 0.3) is 0 Å². The van der Waals surface area contributed by atoms with Crippen molar-refractivity contribution in [2.75, 3.05) is 0 Å². The predicted molar refractivity (Wildman–Crippen MR) is 61.2 cm³/mol. The van der Waals surface area contributed by atoms with Crippen molar-refractivity contribution < 1.29 is 17.9 Å². The summed E-state index contributed by atoms with van der Waals surface area (Å²) in [4.78, 5) is 0. The van der Waals surface area contributed by atoms with Crippen molar-refractivity contribution in [1.29, 1.82) is 0 Å². The molecule has 0 saturated carbocycles. The maximum absolute atomic E-state index is 12.4. The molecular formula is C12H17F3N2O. The number of hydrogen-bond donors (Lipinski definition) is 2. The van der Waals surface area contributed by atoms with E-state index in [1.165, 1.54) is 5.57 Å². The SMILES string of the molecule is CCC1CC=C(C2NNC(C(F)(F)F)O2)C=C1C. The minimum atomic E-state index is -4.40. The van der Waals surface area contributed by atoms with Gasteiger partial charge in [0.1, 0.15) is 6.23 Å². The summed E-state index contributed by atoms with van der Waals surface area (Å²) in [5.74, 6) is 0.488. The van der Waals surface area contributed by atoms with E-state index in [1.54, 1.807) is 0 Å². The maximum atomic E-state index is 12.4. The summed E-state index contributed by atoms with van der Waals surface area (Å²) in [6, 6.07) is 0. The fourth-order valence-corrected chi connectivity index (χ4v) is 2.25. The van der Waals surface area contributed by atoms with Crippen molar-refractivity contribution >= 4 is 0 Å². The molecule has 0 aromatic heterocycles. The normalized spacial score (nSPS) is 33.3. The zero-order valence-corrected chi connectivity index (χ0v) is 10.3. The molecule has 1 heterocycles. The molecule has 0 radical (unpaired) electrons. The van der Waals surface area contributed by atoms with Crippen molar-refractivity contribution in [2.45, 2.75) is 45.3 Å². The lowest BCUT2D eigenvalue weighted by Crippen LogP contribution is -2.42. The van der Waals surface area contributed by atoms with Crippen LogP contribution in [0.4, 0.5) is 13.2 Å². The van der Waals surface area contributed by atoms with Gasteiger partial charge in [-0.05, 0) is 31.3 Å². The van der Waals surface area contributed by atoms with Gasteiger partial charge in [-0.3, -0.25) is 0 Å². The van der Waals surface area contributed by atoms with Crippen molar-refractivity contribution in [2.24, 2.45) is 5.92 Å². The zero-order chi connectivity index (χ0) is 13.3. The van der Waals surface area contributed by atoms with E-state index >= 15 is 0 Å². The van der Waals surface area contributed by atoms with E-state index in [0.29, 0.717) is 5.92 Å². The monoisotopic (exact) mass is 262 g/mol. The Kier molecular flexibility index (Phi) is 3.79. The Balaban J connectivity index is 2.01. The van der Waals surface area contributed by atoms with Crippen LogP contribution in [0, 0.1) is 5.92 Å². The molecule has 0 bridgehead atoms. The van der Waals surface area contributed by atoms with Gasteiger partial charge in [0.05, 0.1) is 0 Å². The molecule has 0 aromatic carbocycles. The number of alkyl halides is 3. The molecule has 1 aliphatic carbocycles. The number of hydrazine groups is 1. The summed E-state index contributed by atoms with van der Waals surface area (Å²) in [5, 5.41) is 0. The molecule has 3 unspecified atom stereocenters. The number of ether oxygens (including phenoxy) is 1. The summed E-state index contributed by atoms with van der Waals surface area (Å²) >= 11 is 0. The summed E-state index contributed by atoms with van der Waals surface area (Å²) in [6.07, 6.45) is -1.33. The highest BCUT2D eigenvalue weighted by Crippen LogP contribution is 2.31. The second-order valence-electron chi connectivity index (χ2n) is 4.66. The number of hydrogen-bond acceptors (Lipinski definition) is 3. The highest BCUT2D eigenvalue weighted by molar-refractivity contribution is 5.31. The van der Waals surface area contributed by atoms with Gasteiger partial charge in [-0.15, -0.1) is 0 Å². The second kappa shape index (κ2) is 5.03. The molecular weight excluding hydrogens is 245 g/mol. The molecule has 2 N–H and O–H groups in total. The molecule has 6 heteroatoms. The van der Waals surface area contributed by atoms with Crippen molar-refractivity contribution in [1.82, 2.24) is 10.9 Å². The van der Waals surface area contributed by atoms with Crippen LogP contribution in [0.25, 0.3) is 0 Å². The first-order chi connectivity index (χ1) is 8.41. The van der Waals surface area contributed by atoms with E-state index in [0.717, 1.165) is 18.4 Å². The lowest BCUT2D eigenvalue weighted by atomic mass is 9.87. The molecule has 3 nitrogen and oxygen atoms in total. The van der Waals surface area contributed by atoms with Crippen LogP contribution in [-0.2, 0) is 4.74 Å². The summed E-state index contributed by atoms with van der Waals surface area (Å²) in [7, 11) is 0. The maximum Gasteiger partial charge on any atom is 0.429 e. The summed E-state index contributed by atoms with van der Waals surface area (Å²) in [6.45, 7) is 4.11. The van der Waals surface area contributed by atoms with Gasteiger partial charge >= 0.3 is 6.18 Å². The Morgan fingerprint density at radius 1 is 1.39 bits per heavy atom. The molecule has 2 aliphatic rings. The highest BCUT2D eigenvalue weighted by atomic mass is 19.4. The van der Waals surface area contributed by atoms with E-state index in [9.17, 15) is 13.2 Å². The van der Waals surface area contributed by atoms with Crippen LogP contribution in [0.15, 0.2) is 23.3 Å². The number of halogens is 3. The Morgan fingerprint density at radius 3 is 2.61 bits per heavy atom. The first-order valence-corrected chi connectivity index (χ1v) is 6.03. The molecule has 1 aliphatic heterocycles.